The van der Waals surface area contributed by atoms with Crippen LogP contribution in [-0.2, 0) is 0 Å². The maximum atomic E-state index is 6.20. The van der Waals surface area contributed by atoms with Crippen molar-refractivity contribution in [3.63, 3.8) is 0 Å². The average Bonchev–Trinajstić information content (AvgIpc) is 3.51. The summed E-state index contributed by atoms with van der Waals surface area (Å²) in [6, 6.07) is 34.9. The number of rotatable bonds is 2. The molecule has 4 aromatic carbocycles. The Morgan fingerprint density at radius 3 is 2.28 bits per heavy atom. The van der Waals surface area contributed by atoms with Crippen molar-refractivity contribution >= 4 is 49.5 Å². The summed E-state index contributed by atoms with van der Waals surface area (Å²) >= 11 is 0. The molecule has 0 spiro atoms. The van der Waals surface area contributed by atoms with E-state index in [1.54, 1.807) is 0 Å². The van der Waals surface area contributed by atoms with Crippen LogP contribution in [-0.4, -0.2) is 19.4 Å². The fourth-order valence-corrected chi connectivity index (χ4v) is 5.13. The van der Waals surface area contributed by atoms with Gasteiger partial charge in [-0.3, -0.25) is 4.40 Å². The second kappa shape index (κ2) is 7.23. The predicted molar refractivity (Wildman–Crippen MR) is 144 cm³/mol. The van der Waals surface area contributed by atoms with Crippen LogP contribution in [0.2, 0.25) is 0 Å². The molecule has 0 bridgehead atoms. The van der Waals surface area contributed by atoms with Crippen molar-refractivity contribution in [2.24, 2.45) is 0 Å². The van der Waals surface area contributed by atoms with Crippen LogP contribution >= 0.6 is 0 Å². The lowest BCUT2D eigenvalue weighted by molar-refractivity contribution is 0.669. The first-order valence-electron chi connectivity index (χ1n) is 11.9. The first-order valence-corrected chi connectivity index (χ1v) is 11.9. The van der Waals surface area contributed by atoms with Gasteiger partial charge in [0.15, 0.2) is 11.5 Å². The molecule has 36 heavy (non-hydrogen) atoms. The molecule has 0 aliphatic heterocycles. The van der Waals surface area contributed by atoms with E-state index in [0.29, 0.717) is 11.5 Å². The molecule has 0 unspecified atom stereocenters. The Morgan fingerprint density at radius 1 is 0.583 bits per heavy atom. The third kappa shape index (κ3) is 2.74. The normalized spacial score (nSPS) is 11.9. The van der Waals surface area contributed by atoms with Gasteiger partial charge in [0, 0.05) is 33.5 Å². The van der Waals surface area contributed by atoms with Crippen molar-refractivity contribution in [2.75, 3.05) is 0 Å². The molecule has 0 aliphatic rings. The van der Waals surface area contributed by atoms with Crippen LogP contribution in [0.25, 0.3) is 72.2 Å². The van der Waals surface area contributed by atoms with Crippen LogP contribution in [0.5, 0.6) is 0 Å². The molecule has 0 aliphatic carbocycles. The second-order valence-electron chi connectivity index (χ2n) is 8.95. The molecule has 4 heterocycles. The van der Waals surface area contributed by atoms with Gasteiger partial charge in [0.05, 0.1) is 0 Å². The number of aromatic nitrogens is 4. The Hall–Kier alpha value is -5.03. The van der Waals surface area contributed by atoms with Gasteiger partial charge in [-0.1, -0.05) is 78.9 Å². The number of nitrogens with zero attached hydrogens (tertiary/aromatic N) is 4. The number of benzene rings is 4. The minimum Gasteiger partial charge on any atom is -0.456 e. The monoisotopic (exact) mass is 462 g/mol. The molecule has 8 aromatic rings. The Labute approximate surface area is 205 Å². The lowest BCUT2D eigenvalue weighted by Gasteiger charge is -2.08. The fourth-order valence-electron chi connectivity index (χ4n) is 5.13. The summed E-state index contributed by atoms with van der Waals surface area (Å²) in [5.74, 6) is 0.649. The summed E-state index contributed by atoms with van der Waals surface area (Å²) in [6.07, 6.45) is 2.06. The van der Waals surface area contributed by atoms with Crippen LogP contribution in [0.1, 0.15) is 0 Å². The van der Waals surface area contributed by atoms with E-state index in [1.165, 1.54) is 0 Å². The van der Waals surface area contributed by atoms with Crippen molar-refractivity contribution < 1.29 is 4.42 Å². The first kappa shape index (κ1) is 19.3. The Kier molecular flexibility index (Phi) is 3.88. The zero-order chi connectivity index (χ0) is 23.6. The number of furan rings is 1. The maximum Gasteiger partial charge on any atom is 0.183 e. The smallest absolute Gasteiger partial charge is 0.183 e. The van der Waals surface area contributed by atoms with Gasteiger partial charge in [-0.05, 0) is 29.7 Å². The van der Waals surface area contributed by atoms with Crippen LogP contribution in [0.15, 0.2) is 114 Å². The largest absolute Gasteiger partial charge is 0.456 e. The summed E-state index contributed by atoms with van der Waals surface area (Å²) < 4.78 is 8.30. The zero-order valence-corrected chi connectivity index (χ0v) is 19.1. The lowest BCUT2D eigenvalue weighted by Crippen LogP contribution is -1.96. The van der Waals surface area contributed by atoms with Gasteiger partial charge in [-0.2, -0.15) is 0 Å². The highest BCUT2D eigenvalue weighted by molar-refractivity contribution is 6.07. The summed E-state index contributed by atoms with van der Waals surface area (Å²) in [6.45, 7) is 0. The molecule has 8 rings (SSSR count). The molecule has 0 radical (unpaired) electrons. The highest BCUT2D eigenvalue weighted by Gasteiger charge is 2.19. The predicted octanol–water partition coefficient (Wildman–Crippen LogP) is 7.66. The Morgan fingerprint density at radius 2 is 1.36 bits per heavy atom. The molecule has 0 fully saturated rings. The van der Waals surface area contributed by atoms with Gasteiger partial charge >= 0.3 is 0 Å². The van der Waals surface area contributed by atoms with E-state index in [4.69, 9.17) is 19.4 Å². The van der Waals surface area contributed by atoms with Gasteiger partial charge in [0.1, 0.15) is 28.0 Å². The van der Waals surface area contributed by atoms with Crippen molar-refractivity contribution in [1.82, 2.24) is 19.4 Å². The van der Waals surface area contributed by atoms with Crippen LogP contribution in [0, 0.1) is 0 Å². The topological polar surface area (TPSA) is 56.2 Å². The van der Waals surface area contributed by atoms with Crippen molar-refractivity contribution in [3.05, 3.63) is 109 Å². The molecular weight excluding hydrogens is 444 g/mol. The molecular formula is C31H18N4O. The van der Waals surface area contributed by atoms with E-state index in [1.807, 2.05) is 60.7 Å². The highest BCUT2D eigenvalue weighted by atomic mass is 16.3. The zero-order valence-electron chi connectivity index (χ0n) is 19.1. The second-order valence-corrected chi connectivity index (χ2v) is 8.95. The lowest BCUT2D eigenvalue weighted by atomic mass is 10.1. The molecule has 4 aromatic heterocycles. The van der Waals surface area contributed by atoms with Gasteiger partial charge in [0.25, 0.3) is 0 Å². The molecule has 0 saturated carbocycles. The number of para-hydroxylation sites is 1. The number of hydrogen-bond donors (Lipinski definition) is 0. The van der Waals surface area contributed by atoms with E-state index in [-0.39, 0.29) is 0 Å². The van der Waals surface area contributed by atoms with Crippen molar-refractivity contribution in [3.8, 4) is 22.6 Å². The first-order chi connectivity index (χ1) is 17.8. The third-order valence-corrected chi connectivity index (χ3v) is 6.84. The van der Waals surface area contributed by atoms with Crippen LogP contribution < -0.4 is 0 Å². The SMILES string of the molecule is c1ccc(-c2nc(-c3ccc4c(c3)oc3ccccc34)c3c(n2)nc2c4ccccc4ccn23)cc1. The highest BCUT2D eigenvalue weighted by Crippen LogP contribution is 2.35. The fraction of sp³-hybridized carbons (Fsp3) is 0. The molecule has 0 N–H and O–H groups in total. The third-order valence-electron chi connectivity index (χ3n) is 6.84. The molecule has 0 atom stereocenters. The minimum atomic E-state index is 0.649. The summed E-state index contributed by atoms with van der Waals surface area (Å²) in [7, 11) is 0. The quantitative estimate of drug-likeness (QED) is 0.265. The molecule has 0 amide bonds. The average molecular weight is 463 g/mol. The Balaban J connectivity index is 1.48. The van der Waals surface area contributed by atoms with E-state index in [0.717, 1.165) is 60.7 Å². The Bertz CT molecular complexity index is 2100. The molecule has 0 saturated heterocycles. The van der Waals surface area contributed by atoms with E-state index < -0.39 is 0 Å². The number of pyridine rings is 1. The van der Waals surface area contributed by atoms with E-state index >= 15 is 0 Å². The van der Waals surface area contributed by atoms with Crippen molar-refractivity contribution in [2.45, 2.75) is 0 Å². The maximum absolute atomic E-state index is 6.20. The standard InChI is InChI=1S/C31H18N4O/c1-2-9-20(10-3-1)29-32-27(21-14-15-24-23-12-6-7-13-25(23)36-26(24)18-21)28-30(33-29)34-31-22-11-5-4-8-19(22)16-17-35(28)31/h1-18H. The molecule has 5 nitrogen and oxygen atoms in total. The van der Waals surface area contributed by atoms with Crippen LogP contribution in [0.3, 0.4) is 0 Å². The summed E-state index contributed by atoms with van der Waals surface area (Å²) in [5.41, 5.74) is 6.86. The number of fused-ring (bicyclic) bond motifs is 8. The summed E-state index contributed by atoms with van der Waals surface area (Å²) in [4.78, 5) is 15.0. The van der Waals surface area contributed by atoms with Gasteiger partial charge < -0.3 is 4.42 Å². The van der Waals surface area contributed by atoms with E-state index in [9.17, 15) is 0 Å². The van der Waals surface area contributed by atoms with Gasteiger partial charge in [-0.15, -0.1) is 0 Å². The molecule has 5 heteroatoms. The van der Waals surface area contributed by atoms with E-state index in [2.05, 4.69) is 53.1 Å². The number of hydrogen-bond acceptors (Lipinski definition) is 4. The molecule has 168 valence electrons. The minimum absolute atomic E-state index is 0.649. The number of imidazole rings is 1. The van der Waals surface area contributed by atoms with Gasteiger partial charge in [0.2, 0.25) is 0 Å². The van der Waals surface area contributed by atoms with Crippen LogP contribution in [0.4, 0.5) is 0 Å². The van der Waals surface area contributed by atoms with Gasteiger partial charge in [-0.25, -0.2) is 15.0 Å². The summed E-state index contributed by atoms with van der Waals surface area (Å²) in [5, 5.41) is 4.42. The van der Waals surface area contributed by atoms with Crippen molar-refractivity contribution in [1.29, 1.82) is 0 Å².